The third-order valence-electron chi connectivity index (χ3n) is 8.57. The van der Waals surface area contributed by atoms with Crippen LogP contribution in [0.2, 0.25) is 0 Å². The SMILES string of the molecule is C=C1[C@H]2CCC(CNC(=O)c3cc(C(=O)N[C@H]4CCc5c4ccc(C(=O)O)c5C)n4nccc4n3)[C@@H]1C2. The Morgan fingerprint density at radius 3 is 2.76 bits per heavy atom. The second kappa shape index (κ2) is 8.83. The Morgan fingerprint density at radius 1 is 1.16 bits per heavy atom. The minimum Gasteiger partial charge on any atom is -0.478 e. The first-order valence-electron chi connectivity index (χ1n) is 12.8. The van der Waals surface area contributed by atoms with E-state index in [1.807, 2.05) is 0 Å². The van der Waals surface area contributed by atoms with E-state index >= 15 is 0 Å². The molecule has 2 amide bonds. The molecule has 3 fully saturated rings. The van der Waals surface area contributed by atoms with E-state index in [0.29, 0.717) is 42.8 Å². The fourth-order valence-corrected chi connectivity index (χ4v) is 6.41. The van der Waals surface area contributed by atoms with Crippen LogP contribution in [0.4, 0.5) is 0 Å². The molecule has 4 aliphatic rings. The topological polar surface area (TPSA) is 126 Å². The largest absolute Gasteiger partial charge is 0.478 e. The molecule has 2 aromatic heterocycles. The number of hydrogen-bond donors (Lipinski definition) is 3. The van der Waals surface area contributed by atoms with Crippen molar-refractivity contribution in [3.05, 3.63) is 76.3 Å². The maximum atomic E-state index is 13.4. The summed E-state index contributed by atoms with van der Waals surface area (Å²) >= 11 is 0. The van der Waals surface area contributed by atoms with Crippen LogP contribution in [0.15, 0.2) is 42.6 Å². The first kappa shape index (κ1) is 23.4. The monoisotopic (exact) mass is 499 g/mol. The van der Waals surface area contributed by atoms with Gasteiger partial charge in [-0.1, -0.05) is 18.2 Å². The molecule has 1 aromatic carbocycles. The van der Waals surface area contributed by atoms with Gasteiger partial charge in [0.15, 0.2) is 5.65 Å². The normalized spacial score (nSPS) is 23.9. The Balaban J connectivity index is 1.21. The van der Waals surface area contributed by atoms with Gasteiger partial charge in [-0.25, -0.2) is 14.3 Å². The predicted octanol–water partition coefficient (Wildman–Crippen LogP) is 3.49. The molecule has 0 saturated heterocycles. The molecule has 7 rings (SSSR count). The van der Waals surface area contributed by atoms with Crippen LogP contribution in [0.3, 0.4) is 0 Å². The van der Waals surface area contributed by atoms with Crippen molar-refractivity contribution >= 4 is 23.4 Å². The van der Waals surface area contributed by atoms with Crippen molar-refractivity contribution in [1.29, 1.82) is 0 Å². The lowest BCUT2D eigenvalue weighted by Gasteiger charge is -2.49. The average Bonchev–Trinajstić information content (AvgIpc) is 3.53. The lowest BCUT2D eigenvalue weighted by atomic mass is 9.57. The van der Waals surface area contributed by atoms with Gasteiger partial charge in [0.25, 0.3) is 11.8 Å². The van der Waals surface area contributed by atoms with Gasteiger partial charge < -0.3 is 15.7 Å². The zero-order chi connectivity index (χ0) is 25.8. The highest BCUT2D eigenvalue weighted by Gasteiger charge is 2.43. The molecule has 0 radical (unpaired) electrons. The molecule has 3 aromatic rings. The first-order chi connectivity index (χ1) is 17.8. The summed E-state index contributed by atoms with van der Waals surface area (Å²) in [4.78, 5) is 42.4. The number of allylic oxidation sites excluding steroid dienone is 1. The van der Waals surface area contributed by atoms with Crippen molar-refractivity contribution in [3.63, 3.8) is 0 Å². The van der Waals surface area contributed by atoms with Crippen molar-refractivity contribution in [1.82, 2.24) is 25.2 Å². The molecule has 3 saturated carbocycles. The van der Waals surface area contributed by atoms with E-state index in [4.69, 9.17) is 0 Å². The Hall–Kier alpha value is -4.01. The maximum Gasteiger partial charge on any atom is 0.335 e. The molecule has 3 N–H and O–H groups in total. The summed E-state index contributed by atoms with van der Waals surface area (Å²) in [5, 5.41) is 19.7. The highest BCUT2D eigenvalue weighted by molar-refractivity contribution is 5.98. The number of carboxylic acid groups (broad SMARTS) is 1. The number of amides is 2. The van der Waals surface area contributed by atoms with Gasteiger partial charge in [0.1, 0.15) is 11.4 Å². The van der Waals surface area contributed by atoms with Gasteiger partial charge in [-0.3, -0.25) is 9.59 Å². The summed E-state index contributed by atoms with van der Waals surface area (Å²) in [5.74, 6) is -0.0776. The molecular formula is C28H29N5O4. The van der Waals surface area contributed by atoms with Crippen molar-refractivity contribution in [3.8, 4) is 0 Å². The molecule has 9 nitrogen and oxygen atoms in total. The molecule has 4 aliphatic carbocycles. The van der Waals surface area contributed by atoms with Gasteiger partial charge in [-0.05, 0) is 79.5 Å². The number of benzene rings is 1. The van der Waals surface area contributed by atoms with Crippen LogP contribution >= 0.6 is 0 Å². The number of rotatable bonds is 6. The number of hydrogen-bond acceptors (Lipinski definition) is 5. The lowest BCUT2D eigenvalue weighted by molar-refractivity contribution is 0.0695. The number of carbonyl (C=O) groups is 3. The minimum absolute atomic E-state index is 0.174. The second-order valence-electron chi connectivity index (χ2n) is 10.5. The summed E-state index contributed by atoms with van der Waals surface area (Å²) in [5.41, 5.74) is 5.04. The Labute approximate surface area is 214 Å². The number of aromatic carboxylic acids is 1. The Morgan fingerprint density at radius 2 is 2.00 bits per heavy atom. The highest BCUT2D eigenvalue weighted by atomic mass is 16.4. The van der Waals surface area contributed by atoms with Crippen LogP contribution in [0.25, 0.3) is 5.65 Å². The van der Waals surface area contributed by atoms with Crippen molar-refractivity contribution < 1.29 is 19.5 Å². The van der Waals surface area contributed by atoms with Gasteiger partial charge in [0, 0.05) is 18.7 Å². The summed E-state index contributed by atoms with van der Waals surface area (Å²) in [7, 11) is 0. The zero-order valence-corrected chi connectivity index (χ0v) is 20.7. The van der Waals surface area contributed by atoms with E-state index in [2.05, 4.69) is 27.3 Å². The quantitative estimate of drug-likeness (QED) is 0.446. The van der Waals surface area contributed by atoms with Crippen LogP contribution in [-0.2, 0) is 6.42 Å². The summed E-state index contributed by atoms with van der Waals surface area (Å²) in [6.45, 7) is 6.58. The van der Waals surface area contributed by atoms with Crippen molar-refractivity contribution in [2.75, 3.05) is 6.54 Å². The number of carboxylic acids is 1. The number of carbonyl (C=O) groups excluding carboxylic acids is 2. The number of nitrogens with one attached hydrogen (secondary N) is 2. The standard InChI is InChI=1S/C28H29N5O4/c1-14-16-3-4-17(21(14)11-16)13-29-26(34)23-12-24(33-25(31-23)9-10-30-33)27(35)32-22-8-7-18-15(2)19(28(36)37)5-6-20(18)22/h5-6,9-10,12,16-17,21-22H,1,3-4,7-8,11,13H2,2H3,(H,29,34)(H,32,35)(H,36,37)/t16-,17?,21+,22-/m0/s1. The number of nitrogens with zero attached hydrogens (tertiary/aromatic N) is 3. The molecule has 2 bridgehead atoms. The third kappa shape index (κ3) is 3.89. The fourth-order valence-electron chi connectivity index (χ4n) is 6.41. The summed E-state index contributed by atoms with van der Waals surface area (Å²) in [6, 6.07) is 6.26. The molecule has 0 spiro atoms. The van der Waals surface area contributed by atoms with Crippen LogP contribution < -0.4 is 10.6 Å². The van der Waals surface area contributed by atoms with Crippen molar-refractivity contribution in [2.24, 2.45) is 17.8 Å². The van der Waals surface area contributed by atoms with Gasteiger partial charge in [-0.15, -0.1) is 0 Å². The number of aromatic nitrogens is 3. The molecule has 190 valence electrons. The third-order valence-corrected chi connectivity index (χ3v) is 8.57. The fraction of sp³-hybridized carbons (Fsp3) is 0.393. The van der Waals surface area contributed by atoms with Crippen LogP contribution in [0.1, 0.15) is 79.8 Å². The van der Waals surface area contributed by atoms with Gasteiger partial charge >= 0.3 is 5.97 Å². The van der Waals surface area contributed by atoms with E-state index in [1.54, 1.807) is 31.3 Å². The van der Waals surface area contributed by atoms with Crippen LogP contribution in [0, 0.1) is 24.7 Å². The van der Waals surface area contributed by atoms with Crippen molar-refractivity contribution in [2.45, 2.75) is 45.1 Å². The Bertz CT molecular complexity index is 1470. The predicted molar refractivity (Wildman–Crippen MR) is 135 cm³/mol. The van der Waals surface area contributed by atoms with E-state index in [-0.39, 0.29) is 34.8 Å². The Kier molecular flexibility index (Phi) is 5.58. The smallest absolute Gasteiger partial charge is 0.335 e. The van der Waals surface area contributed by atoms with Crippen LogP contribution in [0.5, 0.6) is 0 Å². The number of fused-ring (bicyclic) bond motifs is 4. The maximum absolute atomic E-state index is 13.4. The molecule has 1 unspecified atom stereocenters. The van der Waals surface area contributed by atoms with E-state index in [1.165, 1.54) is 22.6 Å². The highest BCUT2D eigenvalue weighted by Crippen LogP contribution is 2.52. The second-order valence-corrected chi connectivity index (χ2v) is 10.5. The zero-order valence-electron chi connectivity index (χ0n) is 20.7. The molecule has 0 aliphatic heterocycles. The molecule has 2 heterocycles. The van der Waals surface area contributed by atoms with Gasteiger partial charge in [-0.2, -0.15) is 5.10 Å². The summed E-state index contributed by atoms with van der Waals surface area (Å²) in [6.07, 6.45) is 6.30. The molecule has 37 heavy (non-hydrogen) atoms. The van der Waals surface area contributed by atoms with Gasteiger partial charge in [0.05, 0.1) is 17.8 Å². The van der Waals surface area contributed by atoms with E-state index in [0.717, 1.165) is 29.5 Å². The first-order valence-corrected chi connectivity index (χ1v) is 12.8. The van der Waals surface area contributed by atoms with Crippen LogP contribution in [-0.4, -0.2) is 44.0 Å². The molecule has 4 atom stereocenters. The van der Waals surface area contributed by atoms with Gasteiger partial charge in [0.2, 0.25) is 0 Å². The summed E-state index contributed by atoms with van der Waals surface area (Å²) < 4.78 is 1.43. The van der Waals surface area contributed by atoms with E-state index < -0.39 is 5.97 Å². The molecule has 9 heteroatoms. The van der Waals surface area contributed by atoms with E-state index in [9.17, 15) is 19.5 Å². The molecular weight excluding hydrogens is 470 g/mol. The minimum atomic E-state index is -0.957. The average molecular weight is 500 g/mol. The lowest BCUT2D eigenvalue weighted by Crippen LogP contribution is -2.44.